The molecular formula is C17H29N3O4. The summed E-state index contributed by atoms with van der Waals surface area (Å²) in [6, 6.07) is 0.994. The van der Waals surface area contributed by atoms with Gasteiger partial charge in [0.1, 0.15) is 17.4 Å². The highest BCUT2D eigenvalue weighted by Gasteiger charge is 2.25. The number of hydrogen-bond acceptors (Lipinski definition) is 5. The molecule has 1 unspecified atom stereocenters. The quantitative estimate of drug-likeness (QED) is 0.855. The fourth-order valence-corrected chi connectivity index (χ4v) is 1.91. The minimum Gasteiger partial charge on any atom is -0.444 e. The van der Waals surface area contributed by atoms with Gasteiger partial charge < -0.3 is 19.9 Å². The van der Waals surface area contributed by atoms with E-state index in [1.54, 1.807) is 26.8 Å². The van der Waals surface area contributed by atoms with E-state index < -0.39 is 17.7 Å². The van der Waals surface area contributed by atoms with Crippen molar-refractivity contribution in [3.63, 3.8) is 0 Å². The molecule has 2 N–H and O–H groups in total. The maximum Gasteiger partial charge on any atom is 0.408 e. The van der Waals surface area contributed by atoms with Crippen molar-refractivity contribution in [2.45, 2.75) is 78.4 Å². The van der Waals surface area contributed by atoms with Gasteiger partial charge in [-0.3, -0.25) is 4.79 Å². The molecule has 1 aromatic heterocycles. The lowest BCUT2D eigenvalue weighted by Gasteiger charge is -2.22. The van der Waals surface area contributed by atoms with Crippen LogP contribution in [0.1, 0.15) is 67.1 Å². The Morgan fingerprint density at radius 2 is 1.88 bits per heavy atom. The predicted molar refractivity (Wildman–Crippen MR) is 91.9 cm³/mol. The fraction of sp³-hybridized carbons (Fsp3) is 0.706. The van der Waals surface area contributed by atoms with Crippen LogP contribution in [0.15, 0.2) is 10.6 Å². The van der Waals surface area contributed by atoms with Crippen LogP contribution in [0.2, 0.25) is 0 Å². The highest BCUT2D eigenvalue weighted by molar-refractivity contribution is 5.95. The Hall–Kier alpha value is -2.05. The summed E-state index contributed by atoms with van der Waals surface area (Å²) in [5.41, 5.74) is -0.821. The number of carbonyl (C=O) groups is 2. The molecule has 0 spiro atoms. The summed E-state index contributed by atoms with van der Waals surface area (Å²) >= 11 is 0. The van der Waals surface area contributed by atoms with Crippen molar-refractivity contribution >= 4 is 17.8 Å². The Balaban J connectivity index is 2.73. The van der Waals surface area contributed by atoms with Gasteiger partial charge in [0.15, 0.2) is 5.82 Å². The van der Waals surface area contributed by atoms with Crippen LogP contribution >= 0.6 is 0 Å². The number of nitrogens with one attached hydrogen (secondary N) is 2. The number of hydrogen-bond donors (Lipinski definition) is 2. The standard InChI is InChI=1S/C17H29N3O4/c1-8-9-11(18-15(22)23-17(5,6)7)14(21)19-13-10-12(24-20-13)16(2,3)4/h10-11H,8-9H2,1-7H3,(H,18,22)(H,19,20,21). The Bertz CT molecular complexity index is 567. The molecule has 0 saturated carbocycles. The number of anilines is 1. The van der Waals surface area contributed by atoms with Crippen LogP contribution in [0.4, 0.5) is 10.6 Å². The zero-order chi connectivity index (χ0) is 18.5. The van der Waals surface area contributed by atoms with Gasteiger partial charge in [-0.05, 0) is 27.2 Å². The molecule has 0 aliphatic heterocycles. The van der Waals surface area contributed by atoms with Gasteiger partial charge >= 0.3 is 6.09 Å². The summed E-state index contributed by atoms with van der Waals surface area (Å²) in [6.07, 6.45) is 0.612. The lowest BCUT2D eigenvalue weighted by molar-refractivity contribution is -0.118. The molecule has 0 aliphatic rings. The van der Waals surface area contributed by atoms with Gasteiger partial charge in [-0.15, -0.1) is 0 Å². The molecule has 0 radical (unpaired) electrons. The molecule has 0 fully saturated rings. The number of amides is 2. The molecular weight excluding hydrogens is 310 g/mol. The van der Waals surface area contributed by atoms with Gasteiger partial charge in [0.05, 0.1) is 0 Å². The van der Waals surface area contributed by atoms with E-state index in [2.05, 4.69) is 15.8 Å². The van der Waals surface area contributed by atoms with Crippen molar-refractivity contribution in [1.29, 1.82) is 0 Å². The van der Waals surface area contributed by atoms with Crippen LogP contribution in [-0.2, 0) is 14.9 Å². The van der Waals surface area contributed by atoms with E-state index in [9.17, 15) is 9.59 Å². The summed E-state index contributed by atoms with van der Waals surface area (Å²) in [5, 5.41) is 9.13. The minimum absolute atomic E-state index is 0.201. The van der Waals surface area contributed by atoms with E-state index in [0.29, 0.717) is 18.0 Å². The van der Waals surface area contributed by atoms with Crippen molar-refractivity contribution in [2.75, 3.05) is 5.32 Å². The van der Waals surface area contributed by atoms with Crippen LogP contribution < -0.4 is 10.6 Å². The molecule has 2 amide bonds. The second kappa shape index (κ2) is 7.68. The Morgan fingerprint density at radius 1 is 1.25 bits per heavy atom. The summed E-state index contributed by atoms with van der Waals surface area (Å²) in [4.78, 5) is 24.3. The molecule has 1 rings (SSSR count). The number of ether oxygens (including phenoxy) is 1. The van der Waals surface area contributed by atoms with E-state index in [0.717, 1.165) is 6.42 Å². The number of nitrogens with zero attached hydrogens (tertiary/aromatic N) is 1. The average Bonchev–Trinajstić information content (AvgIpc) is 2.84. The number of carbonyl (C=O) groups excluding carboxylic acids is 2. The highest BCUT2D eigenvalue weighted by atomic mass is 16.6. The smallest absolute Gasteiger partial charge is 0.408 e. The van der Waals surface area contributed by atoms with Crippen LogP contribution in [0.25, 0.3) is 0 Å². The van der Waals surface area contributed by atoms with Crippen molar-refractivity contribution in [3.8, 4) is 0 Å². The van der Waals surface area contributed by atoms with E-state index in [4.69, 9.17) is 9.26 Å². The van der Waals surface area contributed by atoms with Gasteiger partial charge in [-0.2, -0.15) is 0 Å². The first-order valence-corrected chi connectivity index (χ1v) is 8.20. The van der Waals surface area contributed by atoms with Gasteiger partial charge in [-0.1, -0.05) is 39.3 Å². The molecule has 1 aromatic rings. The largest absolute Gasteiger partial charge is 0.444 e. The van der Waals surface area contributed by atoms with Crippen molar-refractivity contribution < 1.29 is 18.8 Å². The lowest BCUT2D eigenvalue weighted by Crippen LogP contribution is -2.45. The molecule has 7 heteroatoms. The van der Waals surface area contributed by atoms with Crippen LogP contribution in [0.5, 0.6) is 0 Å². The van der Waals surface area contributed by atoms with E-state index >= 15 is 0 Å². The Morgan fingerprint density at radius 3 is 2.33 bits per heavy atom. The fourth-order valence-electron chi connectivity index (χ4n) is 1.91. The highest BCUT2D eigenvalue weighted by Crippen LogP contribution is 2.24. The lowest BCUT2D eigenvalue weighted by atomic mass is 9.93. The van der Waals surface area contributed by atoms with Crippen LogP contribution in [0, 0.1) is 0 Å². The maximum absolute atomic E-state index is 12.4. The van der Waals surface area contributed by atoms with Crippen molar-refractivity contribution in [1.82, 2.24) is 10.5 Å². The topological polar surface area (TPSA) is 93.5 Å². The summed E-state index contributed by atoms with van der Waals surface area (Å²) < 4.78 is 10.4. The Kier molecular flexibility index (Phi) is 6.40. The third-order valence-corrected chi connectivity index (χ3v) is 3.09. The van der Waals surface area contributed by atoms with E-state index in [1.807, 2.05) is 27.7 Å². The second-order valence-corrected chi connectivity index (χ2v) is 7.80. The number of aromatic nitrogens is 1. The maximum atomic E-state index is 12.4. The van der Waals surface area contributed by atoms with E-state index in [1.165, 1.54) is 0 Å². The first kappa shape index (κ1) is 20.0. The van der Waals surface area contributed by atoms with E-state index in [-0.39, 0.29) is 11.3 Å². The van der Waals surface area contributed by atoms with Gasteiger partial charge in [0.25, 0.3) is 0 Å². The molecule has 0 saturated heterocycles. The molecule has 1 heterocycles. The van der Waals surface area contributed by atoms with Gasteiger partial charge in [-0.25, -0.2) is 4.79 Å². The minimum atomic E-state index is -0.695. The molecule has 0 aromatic carbocycles. The zero-order valence-corrected chi connectivity index (χ0v) is 15.6. The number of alkyl carbamates (subject to hydrolysis) is 1. The van der Waals surface area contributed by atoms with Crippen molar-refractivity contribution in [3.05, 3.63) is 11.8 Å². The summed E-state index contributed by atoms with van der Waals surface area (Å²) in [7, 11) is 0. The summed E-state index contributed by atoms with van der Waals surface area (Å²) in [5.74, 6) is 0.651. The first-order valence-electron chi connectivity index (χ1n) is 8.20. The Labute approximate surface area is 143 Å². The normalized spacial score (nSPS) is 13.3. The van der Waals surface area contributed by atoms with Crippen LogP contribution in [0.3, 0.4) is 0 Å². The monoisotopic (exact) mass is 339 g/mol. The number of rotatable bonds is 5. The molecule has 1 atom stereocenters. The molecule has 7 nitrogen and oxygen atoms in total. The molecule has 0 aliphatic carbocycles. The third-order valence-electron chi connectivity index (χ3n) is 3.09. The predicted octanol–water partition coefficient (Wildman–Crippen LogP) is 3.60. The van der Waals surface area contributed by atoms with Crippen molar-refractivity contribution in [2.24, 2.45) is 0 Å². The second-order valence-electron chi connectivity index (χ2n) is 7.80. The third kappa shape index (κ3) is 6.60. The molecule has 24 heavy (non-hydrogen) atoms. The van der Waals surface area contributed by atoms with Gasteiger partial charge in [0, 0.05) is 11.5 Å². The van der Waals surface area contributed by atoms with Crippen LogP contribution in [-0.4, -0.2) is 28.8 Å². The average molecular weight is 339 g/mol. The molecule has 136 valence electrons. The van der Waals surface area contributed by atoms with Gasteiger partial charge in [0.2, 0.25) is 5.91 Å². The zero-order valence-electron chi connectivity index (χ0n) is 15.6. The first-order chi connectivity index (χ1) is 10.9. The summed E-state index contributed by atoms with van der Waals surface area (Å²) in [6.45, 7) is 13.2. The molecule has 0 bridgehead atoms. The SMILES string of the molecule is CCCC(NC(=O)OC(C)(C)C)C(=O)Nc1cc(C(C)(C)C)on1.